The topological polar surface area (TPSA) is 93.1 Å². The molecule has 2 N–H and O–H groups in total. The molecule has 198 valence electrons. The Bertz CT molecular complexity index is 1310. The van der Waals surface area contributed by atoms with Gasteiger partial charge in [-0.05, 0) is 49.3 Å². The smallest absolute Gasteiger partial charge is 0.430 e. The first-order chi connectivity index (χ1) is 17.0. The minimum Gasteiger partial charge on any atom is -0.478 e. The predicted octanol–water partition coefficient (Wildman–Crippen LogP) is 6.23. The van der Waals surface area contributed by atoms with Crippen LogP contribution in [0.5, 0.6) is 11.5 Å². The van der Waals surface area contributed by atoms with E-state index >= 15 is 0 Å². The van der Waals surface area contributed by atoms with Crippen LogP contribution in [0.25, 0.3) is 12.2 Å². The third-order valence-corrected chi connectivity index (χ3v) is 5.76. The van der Waals surface area contributed by atoms with Crippen molar-refractivity contribution in [1.82, 2.24) is 0 Å². The molecule has 13 heteroatoms. The van der Waals surface area contributed by atoms with Crippen molar-refractivity contribution in [2.45, 2.75) is 38.4 Å². The summed E-state index contributed by atoms with van der Waals surface area (Å²) >= 11 is 5.95. The highest BCUT2D eigenvalue weighted by molar-refractivity contribution is 6.31. The zero-order valence-corrected chi connectivity index (χ0v) is 19.6. The average Bonchev–Trinajstić information content (AvgIpc) is 2.80. The Morgan fingerprint density at radius 1 is 0.865 bits per heavy atom. The Morgan fingerprint density at radius 3 is 1.92 bits per heavy atom. The van der Waals surface area contributed by atoms with Gasteiger partial charge in [0.25, 0.3) is 0 Å². The molecule has 4 rings (SSSR count). The lowest BCUT2D eigenvalue weighted by atomic mass is 9.96. The van der Waals surface area contributed by atoms with Gasteiger partial charge in [0, 0.05) is 16.1 Å². The van der Waals surface area contributed by atoms with Gasteiger partial charge in [-0.1, -0.05) is 29.8 Å². The van der Waals surface area contributed by atoms with Crippen molar-refractivity contribution in [3.05, 3.63) is 68.8 Å². The number of carbonyl (C=O) groups is 2. The lowest BCUT2D eigenvalue weighted by molar-refractivity contribution is -0.187. The van der Waals surface area contributed by atoms with E-state index in [-0.39, 0.29) is 17.1 Å². The largest absolute Gasteiger partial charge is 0.478 e. The summed E-state index contributed by atoms with van der Waals surface area (Å²) in [6, 6.07) is 7.45. The molecular formula is C24H17ClF6O6. The van der Waals surface area contributed by atoms with Crippen LogP contribution in [0.1, 0.15) is 22.3 Å². The Morgan fingerprint density at radius 2 is 1.38 bits per heavy atom. The number of hydrogen-bond donors (Lipinski definition) is 2. The van der Waals surface area contributed by atoms with E-state index in [9.17, 15) is 35.9 Å². The first kappa shape index (κ1) is 27.9. The molecule has 37 heavy (non-hydrogen) atoms. The van der Waals surface area contributed by atoms with Crippen LogP contribution in [0.3, 0.4) is 0 Å². The Kier molecular flexibility index (Phi) is 7.54. The minimum atomic E-state index is -4.80. The van der Waals surface area contributed by atoms with E-state index in [4.69, 9.17) is 31.3 Å². The van der Waals surface area contributed by atoms with Crippen molar-refractivity contribution in [3.8, 4) is 11.5 Å². The molecule has 2 aliphatic heterocycles. The molecule has 2 heterocycles. The quantitative estimate of drug-likeness (QED) is 0.431. The lowest BCUT2D eigenvalue weighted by Crippen LogP contribution is -2.40. The van der Waals surface area contributed by atoms with Crippen LogP contribution < -0.4 is 9.47 Å². The standard InChI is InChI=1S/C13H10ClF3O3.C11H7F3O3/c1-5-3-9(14)6(2)7-4-8(12(18)19)11(13(15,16)17)20-10(5)7;12-11(13,14)9-7(10(15)16)5-6-3-1-2-4-8(6)17-9/h3-4,11H,1-2H3,(H,18,19);1-5,9H,(H,15,16). The van der Waals surface area contributed by atoms with E-state index in [1.807, 2.05) is 0 Å². The first-order valence-corrected chi connectivity index (χ1v) is 10.7. The highest BCUT2D eigenvalue weighted by atomic mass is 35.5. The molecule has 0 fully saturated rings. The maximum absolute atomic E-state index is 12.9. The first-order valence-electron chi connectivity index (χ1n) is 10.3. The summed E-state index contributed by atoms with van der Waals surface area (Å²) in [5.74, 6) is -3.27. The summed E-state index contributed by atoms with van der Waals surface area (Å²) in [4.78, 5) is 21.8. The van der Waals surface area contributed by atoms with Crippen molar-refractivity contribution >= 4 is 35.7 Å². The number of alkyl halides is 6. The molecule has 2 unspecified atom stereocenters. The van der Waals surface area contributed by atoms with Crippen LogP contribution in [0.4, 0.5) is 26.3 Å². The fraction of sp³-hybridized carbons (Fsp3) is 0.250. The third kappa shape index (κ3) is 5.85. The molecule has 6 nitrogen and oxygen atoms in total. The summed E-state index contributed by atoms with van der Waals surface area (Å²) in [7, 11) is 0. The van der Waals surface area contributed by atoms with Gasteiger partial charge in [-0.25, -0.2) is 9.59 Å². The molecule has 0 bridgehead atoms. The molecule has 0 radical (unpaired) electrons. The Hall–Kier alpha value is -3.67. The van der Waals surface area contributed by atoms with E-state index in [1.165, 1.54) is 24.3 Å². The maximum Gasteiger partial charge on any atom is 0.430 e. The molecule has 0 saturated heterocycles. The number of halogens is 7. The summed E-state index contributed by atoms with van der Waals surface area (Å²) in [6.45, 7) is 3.14. The summed E-state index contributed by atoms with van der Waals surface area (Å²) < 4.78 is 86.2. The molecule has 2 aromatic carbocycles. The van der Waals surface area contributed by atoms with Gasteiger partial charge in [0.05, 0.1) is 11.1 Å². The molecule has 2 aliphatic rings. The molecular weight excluding hydrogens is 534 g/mol. The second-order valence-corrected chi connectivity index (χ2v) is 8.38. The maximum atomic E-state index is 12.9. The molecule has 2 aromatic rings. The van der Waals surface area contributed by atoms with Crippen LogP contribution in [0.15, 0.2) is 41.5 Å². The van der Waals surface area contributed by atoms with Gasteiger partial charge in [0.15, 0.2) is 0 Å². The highest BCUT2D eigenvalue weighted by Crippen LogP contribution is 2.42. The fourth-order valence-corrected chi connectivity index (χ4v) is 3.86. The van der Waals surface area contributed by atoms with E-state index in [0.29, 0.717) is 21.7 Å². The molecule has 0 spiro atoms. The van der Waals surface area contributed by atoms with Gasteiger partial charge < -0.3 is 19.7 Å². The SMILES string of the molecule is Cc1cc(Cl)c(C)c2c1OC(C(F)(F)F)C(C(=O)O)=C2.O=C(O)C1=Cc2ccccc2OC1C(F)(F)F. The number of carboxylic acid groups (broad SMARTS) is 2. The third-order valence-electron chi connectivity index (χ3n) is 5.37. The van der Waals surface area contributed by atoms with Crippen molar-refractivity contribution in [3.63, 3.8) is 0 Å². The summed E-state index contributed by atoms with van der Waals surface area (Å²) in [6.07, 6.45) is -12.5. The van der Waals surface area contributed by atoms with Crippen molar-refractivity contribution < 1.29 is 55.6 Å². The number of para-hydroxylation sites is 1. The van der Waals surface area contributed by atoms with E-state index in [0.717, 1.165) is 12.2 Å². The van der Waals surface area contributed by atoms with Gasteiger partial charge in [-0.15, -0.1) is 0 Å². The van der Waals surface area contributed by atoms with Gasteiger partial charge in [0.2, 0.25) is 12.2 Å². The average molecular weight is 551 g/mol. The van der Waals surface area contributed by atoms with Crippen LogP contribution >= 0.6 is 11.6 Å². The van der Waals surface area contributed by atoms with E-state index in [2.05, 4.69) is 0 Å². The predicted molar refractivity (Wildman–Crippen MR) is 120 cm³/mol. The minimum absolute atomic E-state index is 0.0132. The monoisotopic (exact) mass is 550 g/mol. The number of aliphatic carboxylic acids is 2. The number of aryl methyl sites for hydroxylation is 1. The number of fused-ring (bicyclic) bond motifs is 2. The summed E-state index contributed by atoms with van der Waals surface area (Å²) in [5, 5.41) is 18.0. The van der Waals surface area contributed by atoms with Gasteiger partial charge in [0.1, 0.15) is 11.5 Å². The Labute approximate surface area is 210 Å². The van der Waals surface area contributed by atoms with Crippen molar-refractivity contribution in [2.75, 3.05) is 0 Å². The number of carboxylic acids is 2. The van der Waals surface area contributed by atoms with E-state index in [1.54, 1.807) is 19.9 Å². The van der Waals surface area contributed by atoms with Gasteiger partial charge >= 0.3 is 24.3 Å². The van der Waals surface area contributed by atoms with Crippen LogP contribution in [-0.2, 0) is 9.59 Å². The van der Waals surface area contributed by atoms with Crippen LogP contribution in [0.2, 0.25) is 5.02 Å². The van der Waals surface area contributed by atoms with Crippen LogP contribution in [0, 0.1) is 13.8 Å². The Balaban J connectivity index is 0.000000208. The fourth-order valence-electron chi connectivity index (χ4n) is 3.59. The zero-order chi connectivity index (χ0) is 27.9. The highest BCUT2D eigenvalue weighted by Gasteiger charge is 2.49. The number of ether oxygens (including phenoxy) is 2. The molecule has 0 amide bonds. The second-order valence-electron chi connectivity index (χ2n) is 7.97. The van der Waals surface area contributed by atoms with Gasteiger partial charge in [-0.3, -0.25) is 0 Å². The molecule has 0 aromatic heterocycles. The number of hydrogen-bond acceptors (Lipinski definition) is 4. The second kappa shape index (κ2) is 10.0. The molecule has 0 saturated carbocycles. The summed E-state index contributed by atoms with van der Waals surface area (Å²) in [5.41, 5.74) is -0.165. The lowest BCUT2D eigenvalue weighted by Gasteiger charge is -2.29. The normalized spacial score (nSPS) is 18.5. The molecule has 0 aliphatic carbocycles. The zero-order valence-electron chi connectivity index (χ0n) is 18.9. The van der Waals surface area contributed by atoms with Crippen molar-refractivity contribution in [2.24, 2.45) is 0 Å². The molecule has 2 atom stereocenters. The van der Waals surface area contributed by atoms with Crippen molar-refractivity contribution in [1.29, 1.82) is 0 Å². The number of rotatable bonds is 2. The van der Waals surface area contributed by atoms with E-state index < -0.39 is 47.6 Å². The van der Waals surface area contributed by atoms with Gasteiger partial charge in [-0.2, -0.15) is 26.3 Å². The number of benzene rings is 2. The van der Waals surface area contributed by atoms with Crippen LogP contribution in [-0.4, -0.2) is 46.7 Å².